The third-order valence-electron chi connectivity index (χ3n) is 3.09. The molecule has 0 aliphatic heterocycles. The van der Waals surface area contributed by atoms with E-state index in [0.29, 0.717) is 18.7 Å². The number of nitrogens with two attached hydrogens (primary N) is 1. The van der Waals surface area contributed by atoms with Crippen LogP contribution >= 0.6 is 0 Å². The summed E-state index contributed by atoms with van der Waals surface area (Å²) < 4.78 is 2.01. The van der Waals surface area contributed by atoms with Crippen LogP contribution in [0.25, 0.3) is 0 Å². The maximum absolute atomic E-state index is 10.9. The Morgan fingerprint density at radius 1 is 1.33 bits per heavy atom. The van der Waals surface area contributed by atoms with Gasteiger partial charge in [0.05, 0.1) is 4.92 Å². The van der Waals surface area contributed by atoms with E-state index in [1.165, 1.54) is 6.07 Å². The number of nitrogens with zero attached hydrogens (tertiary/aromatic N) is 2. The van der Waals surface area contributed by atoms with Crippen molar-refractivity contribution in [3.63, 3.8) is 0 Å². The van der Waals surface area contributed by atoms with Gasteiger partial charge in [0.2, 0.25) is 0 Å². The lowest BCUT2D eigenvalue weighted by Crippen LogP contribution is -2.08. The second-order valence-corrected chi connectivity index (χ2v) is 4.15. The SMILES string of the molecule is Cc1c(Cn2cccc2CN)cccc1[N+](=O)[O-]. The first-order chi connectivity index (χ1) is 8.63. The molecule has 1 heterocycles. The van der Waals surface area contributed by atoms with Crippen molar-refractivity contribution < 1.29 is 4.92 Å². The number of aromatic nitrogens is 1. The molecule has 0 aliphatic rings. The van der Waals surface area contributed by atoms with E-state index in [4.69, 9.17) is 5.73 Å². The lowest BCUT2D eigenvalue weighted by atomic mass is 10.1. The van der Waals surface area contributed by atoms with Crippen LogP contribution in [0.2, 0.25) is 0 Å². The average molecular weight is 245 g/mol. The minimum absolute atomic E-state index is 0.161. The van der Waals surface area contributed by atoms with Crippen LogP contribution in [0.3, 0.4) is 0 Å². The maximum atomic E-state index is 10.9. The Bertz CT molecular complexity index is 575. The zero-order chi connectivity index (χ0) is 13.1. The van der Waals surface area contributed by atoms with Crippen molar-refractivity contribution in [1.82, 2.24) is 4.57 Å². The minimum atomic E-state index is -0.349. The molecule has 18 heavy (non-hydrogen) atoms. The summed E-state index contributed by atoms with van der Waals surface area (Å²) >= 11 is 0. The van der Waals surface area contributed by atoms with E-state index in [1.807, 2.05) is 29.0 Å². The van der Waals surface area contributed by atoms with Crippen molar-refractivity contribution in [2.75, 3.05) is 0 Å². The first kappa shape index (κ1) is 12.3. The molecule has 0 fully saturated rings. The van der Waals surface area contributed by atoms with Crippen LogP contribution in [0.1, 0.15) is 16.8 Å². The lowest BCUT2D eigenvalue weighted by Gasteiger charge is -2.10. The van der Waals surface area contributed by atoms with Crippen LogP contribution < -0.4 is 5.73 Å². The van der Waals surface area contributed by atoms with Crippen LogP contribution in [0.4, 0.5) is 5.69 Å². The molecule has 0 saturated carbocycles. The molecule has 2 N–H and O–H groups in total. The zero-order valence-corrected chi connectivity index (χ0v) is 10.2. The highest BCUT2D eigenvalue weighted by Crippen LogP contribution is 2.22. The monoisotopic (exact) mass is 245 g/mol. The predicted octanol–water partition coefficient (Wildman–Crippen LogP) is 2.21. The highest BCUT2D eigenvalue weighted by molar-refractivity contribution is 5.44. The zero-order valence-electron chi connectivity index (χ0n) is 10.2. The van der Waals surface area contributed by atoms with E-state index in [9.17, 15) is 10.1 Å². The molecule has 0 spiro atoms. The van der Waals surface area contributed by atoms with Crippen LogP contribution in [-0.4, -0.2) is 9.49 Å². The summed E-state index contributed by atoms with van der Waals surface area (Å²) in [5.74, 6) is 0. The summed E-state index contributed by atoms with van der Waals surface area (Å²) in [6, 6.07) is 9.02. The quantitative estimate of drug-likeness (QED) is 0.663. The second-order valence-electron chi connectivity index (χ2n) is 4.15. The Morgan fingerprint density at radius 2 is 2.11 bits per heavy atom. The summed E-state index contributed by atoms with van der Waals surface area (Å²) in [4.78, 5) is 10.5. The smallest absolute Gasteiger partial charge is 0.272 e. The van der Waals surface area contributed by atoms with Crippen LogP contribution in [0.5, 0.6) is 0 Å². The first-order valence-corrected chi connectivity index (χ1v) is 5.70. The topological polar surface area (TPSA) is 74.1 Å². The summed E-state index contributed by atoms with van der Waals surface area (Å²) in [5.41, 5.74) is 8.46. The van der Waals surface area contributed by atoms with Gasteiger partial charge >= 0.3 is 0 Å². The number of nitro groups is 1. The molecule has 0 bridgehead atoms. The van der Waals surface area contributed by atoms with Crippen LogP contribution in [-0.2, 0) is 13.1 Å². The maximum Gasteiger partial charge on any atom is 0.272 e. The summed E-state index contributed by atoms with van der Waals surface area (Å²) in [6.45, 7) is 2.84. The molecule has 1 aromatic carbocycles. The Morgan fingerprint density at radius 3 is 2.78 bits per heavy atom. The molecule has 94 valence electrons. The van der Waals surface area contributed by atoms with Gasteiger partial charge in [-0.3, -0.25) is 10.1 Å². The van der Waals surface area contributed by atoms with Crippen molar-refractivity contribution in [2.24, 2.45) is 5.73 Å². The van der Waals surface area contributed by atoms with Gasteiger partial charge in [-0.15, -0.1) is 0 Å². The Balaban J connectivity index is 2.35. The van der Waals surface area contributed by atoms with Gasteiger partial charge in [0.15, 0.2) is 0 Å². The molecule has 0 saturated heterocycles. The standard InChI is InChI=1S/C13H15N3O2/c1-10-11(4-2-6-13(10)16(17)18)9-15-7-3-5-12(15)8-14/h2-7H,8-9,14H2,1H3. The normalized spacial score (nSPS) is 10.6. The summed E-state index contributed by atoms with van der Waals surface area (Å²) in [6.07, 6.45) is 1.93. The number of hydrogen-bond donors (Lipinski definition) is 1. The third-order valence-corrected chi connectivity index (χ3v) is 3.09. The van der Waals surface area contributed by atoms with Crippen molar-refractivity contribution in [3.8, 4) is 0 Å². The molecule has 1 aromatic heterocycles. The van der Waals surface area contributed by atoms with Crippen molar-refractivity contribution in [2.45, 2.75) is 20.0 Å². The van der Waals surface area contributed by atoms with E-state index < -0.39 is 0 Å². The van der Waals surface area contributed by atoms with Gasteiger partial charge < -0.3 is 10.3 Å². The number of rotatable bonds is 4. The fourth-order valence-electron chi connectivity index (χ4n) is 2.01. The van der Waals surface area contributed by atoms with Gasteiger partial charge in [0, 0.05) is 36.6 Å². The van der Waals surface area contributed by atoms with Gasteiger partial charge in [-0.2, -0.15) is 0 Å². The number of nitro benzene ring substituents is 1. The molecule has 0 unspecified atom stereocenters. The Hall–Kier alpha value is -2.14. The van der Waals surface area contributed by atoms with E-state index in [0.717, 1.165) is 11.3 Å². The third kappa shape index (κ3) is 2.26. The lowest BCUT2D eigenvalue weighted by molar-refractivity contribution is -0.385. The average Bonchev–Trinajstić information content (AvgIpc) is 2.78. The minimum Gasteiger partial charge on any atom is -0.346 e. The highest BCUT2D eigenvalue weighted by atomic mass is 16.6. The second kappa shape index (κ2) is 5.01. The van der Waals surface area contributed by atoms with E-state index in [2.05, 4.69) is 0 Å². The van der Waals surface area contributed by atoms with E-state index in [-0.39, 0.29) is 10.6 Å². The molecule has 0 amide bonds. The molecular weight excluding hydrogens is 230 g/mol. The van der Waals surface area contributed by atoms with Crippen LogP contribution in [0, 0.1) is 17.0 Å². The highest BCUT2D eigenvalue weighted by Gasteiger charge is 2.13. The van der Waals surface area contributed by atoms with Crippen molar-refractivity contribution in [1.29, 1.82) is 0 Å². The summed E-state index contributed by atoms with van der Waals surface area (Å²) in [7, 11) is 0. The molecule has 2 rings (SSSR count). The van der Waals surface area contributed by atoms with Gasteiger partial charge in [0.25, 0.3) is 5.69 Å². The fourth-order valence-corrected chi connectivity index (χ4v) is 2.01. The van der Waals surface area contributed by atoms with Crippen LogP contribution in [0.15, 0.2) is 36.5 Å². The summed E-state index contributed by atoms with van der Waals surface area (Å²) in [5, 5.41) is 10.9. The van der Waals surface area contributed by atoms with E-state index >= 15 is 0 Å². The Labute approximate surface area is 105 Å². The van der Waals surface area contributed by atoms with E-state index in [1.54, 1.807) is 13.0 Å². The van der Waals surface area contributed by atoms with Crippen molar-refractivity contribution in [3.05, 3.63) is 63.5 Å². The largest absolute Gasteiger partial charge is 0.346 e. The predicted molar refractivity (Wildman–Crippen MR) is 69.3 cm³/mol. The van der Waals surface area contributed by atoms with Gasteiger partial charge in [-0.25, -0.2) is 0 Å². The molecule has 0 atom stereocenters. The molecule has 5 heteroatoms. The first-order valence-electron chi connectivity index (χ1n) is 5.70. The number of benzene rings is 1. The molecule has 0 aliphatic carbocycles. The van der Waals surface area contributed by atoms with Gasteiger partial charge in [-0.05, 0) is 24.6 Å². The molecule has 0 radical (unpaired) electrons. The van der Waals surface area contributed by atoms with Crippen molar-refractivity contribution >= 4 is 5.69 Å². The molecule has 2 aromatic rings. The van der Waals surface area contributed by atoms with Gasteiger partial charge in [0.1, 0.15) is 0 Å². The fraction of sp³-hybridized carbons (Fsp3) is 0.231. The number of hydrogen-bond acceptors (Lipinski definition) is 3. The molecule has 5 nitrogen and oxygen atoms in total. The molecular formula is C13H15N3O2. The Kier molecular flexibility index (Phi) is 3.43. The van der Waals surface area contributed by atoms with Gasteiger partial charge in [-0.1, -0.05) is 12.1 Å².